The molecule has 0 aliphatic carbocycles. The molecule has 5 heteroatoms. The van der Waals surface area contributed by atoms with Gasteiger partial charge < -0.3 is 10.8 Å². The predicted octanol–water partition coefficient (Wildman–Crippen LogP) is 0.623. The normalized spacial score (nSPS) is 35.1. The topological polar surface area (TPSA) is 86.5 Å². The van der Waals surface area contributed by atoms with E-state index in [4.69, 9.17) is 10.8 Å². The zero-order chi connectivity index (χ0) is 12.0. The van der Waals surface area contributed by atoms with Gasteiger partial charge >= 0.3 is 5.97 Å². The van der Waals surface area contributed by atoms with E-state index in [1.807, 2.05) is 0 Å². The zero-order valence-electron chi connectivity index (χ0n) is 9.65. The first-order chi connectivity index (χ1) is 6.60. The van der Waals surface area contributed by atoms with Crippen LogP contribution in [0.1, 0.15) is 34.1 Å². The van der Waals surface area contributed by atoms with Crippen LogP contribution in [0.3, 0.4) is 0 Å². The van der Waals surface area contributed by atoms with E-state index in [1.165, 1.54) is 0 Å². The molecular weight excluding hydrogens is 196 g/mol. The fourth-order valence-electron chi connectivity index (χ4n) is 2.69. The molecule has 1 aliphatic rings. The molecule has 5 nitrogen and oxygen atoms in total. The van der Waals surface area contributed by atoms with Crippen LogP contribution in [0.2, 0.25) is 0 Å². The lowest BCUT2D eigenvalue weighted by Gasteiger charge is -2.52. The predicted molar refractivity (Wildman–Crippen MR) is 54.4 cm³/mol. The summed E-state index contributed by atoms with van der Waals surface area (Å²) in [5, 5.41) is 22.0. The molecule has 1 heterocycles. The van der Waals surface area contributed by atoms with Gasteiger partial charge in [-0.25, -0.2) is 0 Å². The summed E-state index contributed by atoms with van der Waals surface area (Å²) in [7, 11) is 0. The second-order valence-corrected chi connectivity index (χ2v) is 5.44. The highest BCUT2D eigenvalue weighted by Gasteiger charge is 2.54. The van der Waals surface area contributed by atoms with Crippen molar-refractivity contribution < 1.29 is 15.1 Å². The molecule has 1 aliphatic heterocycles. The molecule has 3 N–H and O–H groups in total. The van der Waals surface area contributed by atoms with Gasteiger partial charge in [-0.3, -0.25) is 4.79 Å². The van der Waals surface area contributed by atoms with E-state index in [9.17, 15) is 10.0 Å². The Kier molecular flexibility index (Phi) is 2.84. The third kappa shape index (κ3) is 1.87. The molecule has 1 fully saturated rings. The Morgan fingerprint density at radius 3 is 2.27 bits per heavy atom. The molecule has 15 heavy (non-hydrogen) atoms. The van der Waals surface area contributed by atoms with E-state index >= 15 is 0 Å². The van der Waals surface area contributed by atoms with Gasteiger partial charge in [0.25, 0.3) is 0 Å². The highest BCUT2D eigenvalue weighted by atomic mass is 16.5. The van der Waals surface area contributed by atoms with Gasteiger partial charge in [0.1, 0.15) is 0 Å². The molecule has 0 saturated carbocycles. The van der Waals surface area contributed by atoms with Crippen molar-refractivity contribution in [2.24, 2.45) is 11.7 Å². The standard InChI is InChI=1S/C10H19N2O3/c1-9(2)5-6(11)7(8(13)14)10(3,4)12(9)15/h6-7H,5,11H2,1-4H3,(H,13,14)/t6-,7+/m0/s1. The fourth-order valence-corrected chi connectivity index (χ4v) is 2.69. The second-order valence-electron chi connectivity index (χ2n) is 5.44. The summed E-state index contributed by atoms with van der Waals surface area (Å²) >= 11 is 0. The Balaban J connectivity index is 3.10. The lowest BCUT2D eigenvalue weighted by Crippen LogP contribution is -2.68. The van der Waals surface area contributed by atoms with Crippen LogP contribution in [0.25, 0.3) is 0 Å². The van der Waals surface area contributed by atoms with Crippen molar-refractivity contribution in [1.29, 1.82) is 0 Å². The van der Waals surface area contributed by atoms with Crippen molar-refractivity contribution in [3.63, 3.8) is 0 Å². The first kappa shape index (κ1) is 12.4. The van der Waals surface area contributed by atoms with Crippen molar-refractivity contribution >= 4 is 5.97 Å². The van der Waals surface area contributed by atoms with Crippen LogP contribution in [0.15, 0.2) is 0 Å². The number of rotatable bonds is 1. The quantitative estimate of drug-likeness (QED) is 0.671. The van der Waals surface area contributed by atoms with E-state index in [0.717, 1.165) is 5.06 Å². The number of nitrogens with zero attached hydrogens (tertiary/aromatic N) is 1. The van der Waals surface area contributed by atoms with Crippen LogP contribution in [-0.4, -0.2) is 33.3 Å². The SMILES string of the molecule is CC1(C)C[C@H](N)[C@H](C(=O)O)C(C)(C)N1[O]. The molecule has 0 unspecified atom stereocenters. The molecule has 87 valence electrons. The van der Waals surface area contributed by atoms with Crippen LogP contribution < -0.4 is 5.73 Å². The molecule has 1 rings (SSSR count). The van der Waals surface area contributed by atoms with Gasteiger partial charge in [-0.2, -0.15) is 0 Å². The Labute approximate surface area is 89.8 Å². The number of piperidine rings is 1. The van der Waals surface area contributed by atoms with Crippen molar-refractivity contribution in [2.45, 2.75) is 51.2 Å². The largest absolute Gasteiger partial charge is 0.481 e. The van der Waals surface area contributed by atoms with E-state index < -0.39 is 29.0 Å². The summed E-state index contributed by atoms with van der Waals surface area (Å²) in [6.45, 7) is 6.86. The number of nitrogens with two attached hydrogens (primary N) is 1. The van der Waals surface area contributed by atoms with Crippen LogP contribution in [0, 0.1) is 5.92 Å². The van der Waals surface area contributed by atoms with Crippen LogP contribution in [0.5, 0.6) is 0 Å². The fraction of sp³-hybridized carbons (Fsp3) is 0.900. The van der Waals surface area contributed by atoms with Crippen molar-refractivity contribution in [3.05, 3.63) is 0 Å². The number of carbonyl (C=O) groups is 1. The highest BCUT2D eigenvalue weighted by Crippen LogP contribution is 2.40. The molecule has 1 radical (unpaired) electrons. The zero-order valence-corrected chi connectivity index (χ0v) is 9.65. The number of carboxylic acid groups (broad SMARTS) is 1. The average molecular weight is 215 g/mol. The van der Waals surface area contributed by atoms with Gasteiger partial charge in [0.15, 0.2) is 0 Å². The molecule has 0 amide bonds. The summed E-state index contributed by atoms with van der Waals surface area (Å²) in [4.78, 5) is 11.1. The summed E-state index contributed by atoms with van der Waals surface area (Å²) in [5.41, 5.74) is 4.28. The van der Waals surface area contributed by atoms with Crippen LogP contribution >= 0.6 is 0 Å². The third-order valence-electron chi connectivity index (χ3n) is 3.26. The maximum Gasteiger partial charge on any atom is 0.310 e. The van der Waals surface area contributed by atoms with E-state index in [0.29, 0.717) is 6.42 Å². The Bertz CT molecular complexity index is 276. The number of hydrogen-bond donors (Lipinski definition) is 2. The number of aliphatic carboxylic acids is 1. The maximum absolute atomic E-state index is 12.0. The summed E-state index contributed by atoms with van der Waals surface area (Å²) in [5.74, 6) is -1.81. The smallest absolute Gasteiger partial charge is 0.310 e. The molecular formula is C10H19N2O3. The lowest BCUT2D eigenvalue weighted by molar-refractivity contribution is -0.302. The molecule has 0 aromatic rings. The minimum atomic E-state index is -0.996. The van der Waals surface area contributed by atoms with Gasteiger partial charge in [-0.15, -0.1) is 10.3 Å². The highest BCUT2D eigenvalue weighted by molar-refractivity contribution is 5.73. The summed E-state index contributed by atoms with van der Waals surface area (Å²) in [6.07, 6.45) is 0.400. The van der Waals surface area contributed by atoms with E-state index in [1.54, 1.807) is 27.7 Å². The minimum absolute atomic E-state index is 0.400. The first-order valence-corrected chi connectivity index (χ1v) is 5.06. The molecule has 0 aromatic carbocycles. The van der Waals surface area contributed by atoms with E-state index in [-0.39, 0.29) is 0 Å². The monoisotopic (exact) mass is 215 g/mol. The Morgan fingerprint density at radius 1 is 1.40 bits per heavy atom. The summed E-state index contributed by atoms with van der Waals surface area (Å²) in [6, 6.07) is -0.474. The van der Waals surface area contributed by atoms with Crippen molar-refractivity contribution in [3.8, 4) is 0 Å². The Hall–Kier alpha value is -0.650. The van der Waals surface area contributed by atoms with Gasteiger partial charge in [-0.05, 0) is 34.1 Å². The first-order valence-electron chi connectivity index (χ1n) is 5.06. The van der Waals surface area contributed by atoms with Crippen LogP contribution in [0.4, 0.5) is 0 Å². The number of hydrogen-bond acceptors (Lipinski definition) is 3. The summed E-state index contributed by atoms with van der Waals surface area (Å²) < 4.78 is 0. The number of carboxylic acids is 1. The molecule has 0 aromatic heterocycles. The van der Waals surface area contributed by atoms with E-state index in [2.05, 4.69) is 0 Å². The lowest BCUT2D eigenvalue weighted by atomic mass is 9.71. The van der Waals surface area contributed by atoms with Gasteiger partial charge in [0.05, 0.1) is 11.5 Å². The molecule has 0 spiro atoms. The van der Waals surface area contributed by atoms with Crippen molar-refractivity contribution in [1.82, 2.24) is 5.06 Å². The van der Waals surface area contributed by atoms with Crippen molar-refractivity contribution in [2.75, 3.05) is 0 Å². The molecule has 2 atom stereocenters. The van der Waals surface area contributed by atoms with Gasteiger partial charge in [-0.1, -0.05) is 0 Å². The minimum Gasteiger partial charge on any atom is -0.481 e. The maximum atomic E-state index is 12.0. The molecule has 0 bridgehead atoms. The van der Waals surface area contributed by atoms with Gasteiger partial charge in [0, 0.05) is 11.6 Å². The second kappa shape index (κ2) is 3.43. The Morgan fingerprint density at radius 2 is 1.87 bits per heavy atom. The van der Waals surface area contributed by atoms with Crippen LogP contribution in [-0.2, 0) is 10.0 Å². The average Bonchev–Trinajstić information content (AvgIpc) is 1.98. The third-order valence-corrected chi connectivity index (χ3v) is 3.26. The number of hydroxylamine groups is 2. The molecule has 1 saturated heterocycles. The van der Waals surface area contributed by atoms with Gasteiger partial charge in [0.2, 0.25) is 0 Å².